The highest BCUT2D eigenvalue weighted by atomic mass is 19.1. The van der Waals surface area contributed by atoms with Crippen LogP contribution in [0.25, 0.3) is 5.76 Å². The van der Waals surface area contributed by atoms with Crippen LogP contribution in [0.2, 0.25) is 0 Å². The normalized spacial score (nSPS) is 17.5. The number of aliphatic hydroxyl groups is 2. The minimum Gasteiger partial charge on any atom is -0.507 e. The fourth-order valence-corrected chi connectivity index (χ4v) is 4.36. The highest BCUT2D eigenvalue weighted by Crippen LogP contribution is 2.19. The summed E-state index contributed by atoms with van der Waals surface area (Å²) in [5, 5.41) is 23.0. The molecule has 3 aromatic rings. The van der Waals surface area contributed by atoms with E-state index in [2.05, 4.69) is 5.32 Å². The van der Waals surface area contributed by atoms with Crippen molar-refractivity contribution < 1.29 is 28.6 Å². The van der Waals surface area contributed by atoms with Crippen molar-refractivity contribution in [2.75, 3.05) is 0 Å². The third-order valence-corrected chi connectivity index (χ3v) is 6.33. The van der Waals surface area contributed by atoms with Crippen LogP contribution in [0.5, 0.6) is 0 Å². The zero-order valence-electron chi connectivity index (χ0n) is 19.9. The average molecular weight is 509 g/mol. The first-order valence-electron chi connectivity index (χ1n) is 11.9. The van der Waals surface area contributed by atoms with E-state index < -0.39 is 46.8 Å². The molecule has 1 aliphatic rings. The maximum Gasteiger partial charge on any atom is 0.292 e. The molecule has 2 atom stereocenters. The molecule has 37 heavy (non-hydrogen) atoms. The van der Waals surface area contributed by atoms with Crippen molar-refractivity contribution >= 4 is 17.4 Å². The fraction of sp³-hybridized carbons (Fsp3) is 0.250. The maximum atomic E-state index is 14.3. The van der Waals surface area contributed by atoms with Crippen LogP contribution in [0.1, 0.15) is 41.5 Å². The van der Waals surface area contributed by atoms with Gasteiger partial charge in [-0.2, -0.15) is 0 Å². The average Bonchev–Trinajstić information content (AvgIpc) is 3.27. The van der Waals surface area contributed by atoms with Gasteiger partial charge in [-0.25, -0.2) is 8.78 Å². The van der Waals surface area contributed by atoms with Gasteiger partial charge in [0.05, 0.1) is 24.3 Å². The number of carbonyl (C=O) groups excluding carboxylic acids is 2. The summed E-state index contributed by atoms with van der Waals surface area (Å²) in [6, 6.07) is 12.5. The number of halogens is 2. The molecule has 1 amide bonds. The third kappa shape index (κ3) is 6.37. The van der Waals surface area contributed by atoms with Gasteiger partial charge in [0.25, 0.3) is 11.5 Å². The Morgan fingerprint density at radius 3 is 2.46 bits per heavy atom. The van der Waals surface area contributed by atoms with Gasteiger partial charge in [0.2, 0.25) is 5.78 Å². The summed E-state index contributed by atoms with van der Waals surface area (Å²) in [7, 11) is 0. The van der Waals surface area contributed by atoms with E-state index in [0.29, 0.717) is 30.9 Å². The maximum absolute atomic E-state index is 14.3. The summed E-state index contributed by atoms with van der Waals surface area (Å²) >= 11 is 0. The number of rotatable bonds is 8. The van der Waals surface area contributed by atoms with Gasteiger partial charge in [0, 0.05) is 17.8 Å². The molecule has 0 saturated heterocycles. The quantitative estimate of drug-likeness (QED) is 0.246. The summed E-state index contributed by atoms with van der Waals surface area (Å²) in [4.78, 5) is 37.9. The predicted molar refractivity (Wildman–Crippen MR) is 133 cm³/mol. The van der Waals surface area contributed by atoms with Crippen molar-refractivity contribution in [1.82, 2.24) is 9.88 Å². The summed E-state index contributed by atoms with van der Waals surface area (Å²) in [5.41, 5.74) is 0.543. The van der Waals surface area contributed by atoms with Crippen LogP contribution in [0.3, 0.4) is 0 Å². The zero-order valence-corrected chi connectivity index (χ0v) is 19.9. The number of aromatic nitrogens is 1. The third-order valence-electron chi connectivity index (χ3n) is 6.33. The van der Waals surface area contributed by atoms with Crippen molar-refractivity contribution in [1.29, 1.82) is 0 Å². The van der Waals surface area contributed by atoms with E-state index in [9.17, 15) is 33.4 Å². The summed E-state index contributed by atoms with van der Waals surface area (Å²) in [6.07, 6.45) is 3.43. The molecule has 192 valence electrons. The molecule has 1 aromatic heterocycles. The van der Waals surface area contributed by atoms with Crippen LogP contribution in [-0.4, -0.2) is 38.6 Å². The number of nitrogens with one attached hydrogen (secondary N) is 1. The lowest BCUT2D eigenvalue weighted by Crippen LogP contribution is -2.42. The number of nitrogens with zero attached hydrogens (tertiary/aromatic N) is 1. The standard InChI is InChI=1S/C28H26F2N2O5/c29-20-10-8-17(9-11-20)12-18-13-21(28(37)32(15-18)16-19-4-1-2-5-22(19)30)25(34)14-26(35)27(36)31-23-6-3-7-24(23)33/h1-2,4-5,8-11,13-15,23-24,33-34H,3,6-7,12,16H2,(H,31,36)/t23-,24-/m0/s1. The summed E-state index contributed by atoms with van der Waals surface area (Å²) in [6.45, 7) is -0.142. The minimum absolute atomic E-state index is 0.142. The molecular formula is C28H26F2N2O5. The number of aliphatic hydroxyl groups excluding tert-OH is 2. The molecule has 7 nitrogen and oxygen atoms in total. The number of hydrogen-bond acceptors (Lipinski definition) is 5. The Kier molecular flexibility index (Phi) is 7.93. The van der Waals surface area contributed by atoms with E-state index in [1.165, 1.54) is 47.2 Å². The molecule has 4 rings (SSSR count). The molecule has 3 N–H and O–H groups in total. The van der Waals surface area contributed by atoms with Crippen LogP contribution in [0.4, 0.5) is 8.78 Å². The van der Waals surface area contributed by atoms with Crippen LogP contribution in [-0.2, 0) is 22.6 Å². The molecule has 1 heterocycles. The van der Waals surface area contributed by atoms with Gasteiger partial charge in [-0.05, 0) is 61.1 Å². The zero-order chi connectivity index (χ0) is 26.5. The molecular weight excluding hydrogens is 482 g/mol. The molecule has 1 fully saturated rings. The molecule has 9 heteroatoms. The SMILES string of the molecule is O=C(C=C(O)c1cc(Cc2ccc(F)cc2)cn(Cc2ccccc2F)c1=O)C(=O)N[C@H]1CCC[C@@H]1O. The summed E-state index contributed by atoms with van der Waals surface area (Å²) < 4.78 is 28.8. The highest BCUT2D eigenvalue weighted by molar-refractivity contribution is 6.41. The lowest BCUT2D eigenvalue weighted by Gasteiger charge is -2.15. The number of hydrogen-bond donors (Lipinski definition) is 3. The Morgan fingerprint density at radius 2 is 1.78 bits per heavy atom. The second kappa shape index (κ2) is 11.3. The molecule has 0 unspecified atom stereocenters. The van der Waals surface area contributed by atoms with Crippen molar-refractivity contribution in [2.45, 2.75) is 44.4 Å². The van der Waals surface area contributed by atoms with E-state index in [1.54, 1.807) is 18.2 Å². The van der Waals surface area contributed by atoms with Crippen molar-refractivity contribution in [3.05, 3.63) is 111 Å². The Hall–Kier alpha value is -4.11. The molecule has 0 bridgehead atoms. The molecule has 2 aromatic carbocycles. The van der Waals surface area contributed by atoms with E-state index in [1.807, 2.05) is 0 Å². The first-order chi connectivity index (χ1) is 17.7. The minimum atomic E-state index is -1.08. The smallest absolute Gasteiger partial charge is 0.292 e. The number of benzene rings is 2. The fourth-order valence-electron chi connectivity index (χ4n) is 4.36. The Balaban J connectivity index is 1.66. The molecule has 1 saturated carbocycles. The van der Waals surface area contributed by atoms with Crippen molar-refractivity contribution in [3.8, 4) is 0 Å². The van der Waals surface area contributed by atoms with Gasteiger partial charge in [0.15, 0.2) is 0 Å². The lowest BCUT2D eigenvalue weighted by molar-refractivity contribution is -0.136. The lowest BCUT2D eigenvalue weighted by atomic mass is 10.0. The molecule has 0 aliphatic heterocycles. The number of carbonyl (C=O) groups is 2. The topological polar surface area (TPSA) is 109 Å². The Labute approximate surface area is 211 Å². The Morgan fingerprint density at radius 1 is 1.05 bits per heavy atom. The first-order valence-corrected chi connectivity index (χ1v) is 11.9. The van der Waals surface area contributed by atoms with Gasteiger partial charge >= 0.3 is 0 Å². The van der Waals surface area contributed by atoms with Gasteiger partial charge in [0.1, 0.15) is 17.4 Å². The summed E-state index contributed by atoms with van der Waals surface area (Å²) in [5.74, 6) is -3.73. The van der Waals surface area contributed by atoms with Crippen molar-refractivity contribution in [3.63, 3.8) is 0 Å². The van der Waals surface area contributed by atoms with Crippen molar-refractivity contribution in [2.24, 2.45) is 0 Å². The van der Waals surface area contributed by atoms with Crippen LogP contribution < -0.4 is 10.9 Å². The molecule has 0 spiro atoms. The largest absolute Gasteiger partial charge is 0.507 e. The van der Waals surface area contributed by atoms with Gasteiger partial charge in [-0.3, -0.25) is 14.4 Å². The first kappa shape index (κ1) is 26.0. The van der Waals surface area contributed by atoms with Crippen LogP contribution in [0.15, 0.2) is 71.7 Å². The van der Waals surface area contributed by atoms with E-state index in [4.69, 9.17) is 0 Å². The molecule has 1 aliphatic carbocycles. The van der Waals surface area contributed by atoms with Gasteiger partial charge in [-0.1, -0.05) is 30.3 Å². The van der Waals surface area contributed by atoms with E-state index in [0.717, 1.165) is 5.56 Å². The number of amides is 1. The Bertz CT molecular complexity index is 1400. The van der Waals surface area contributed by atoms with Crippen LogP contribution >= 0.6 is 0 Å². The van der Waals surface area contributed by atoms with E-state index in [-0.39, 0.29) is 24.1 Å². The molecule has 0 radical (unpaired) electrons. The highest BCUT2D eigenvalue weighted by Gasteiger charge is 2.28. The second-order valence-electron chi connectivity index (χ2n) is 9.06. The van der Waals surface area contributed by atoms with E-state index >= 15 is 0 Å². The monoisotopic (exact) mass is 508 g/mol. The van der Waals surface area contributed by atoms with Gasteiger partial charge < -0.3 is 20.1 Å². The number of ketones is 1. The van der Waals surface area contributed by atoms with Gasteiger partial charge in [-0.15, -0.1) is 0 Å². The van der Waals surface area contributed by atoms with Crippen LogP contribution in [0, 0.1) is 11.6 Å². The predicted octanol–water partition coefficient (Wildman–Crippen LogP) is 3.26. The number of pyridine rings is 1. The second-order valence-corrected chi connectivity index (χ2v) is 9.06.